The summed E-state index contributed by atoms with van der Waals surface area (Å²) in [6.07, 6.45) is 1.23. The second kappa shape index (κ2) is 5.33. The van der Waals surface area contributed by atoms with Gasteiger partial charge in [0, 0.05) is 6.08 Å². The van der Waals surface area contributed by atoms with Crippen LogP contribution >= 0.6 is 0 Å². The minimum atomic E-state index is -1.42. The van der Waals surface area contributed by atoms with Gasteiger partial charge in [0.05, 0.1) is 12.3 Å². The van der Waals surface area contributed by atoms with Crippen LogP contribution in [0.5, 0.6) is 0 Å². The van der Waals surface area contributed by atoms with Crippen LogP contribution in [0.4, 0.5) is 0 Å². The minimum Gasteiger partial charge on any atom is -0.451 e. The number of ether oxygens (including phenoxy) is 3. The van der Waals surface area contributed by atoms with Crippen molar-refractivity contribution in [1.82, 2.24) is 0 Å². The Hall–Kier alpha value is -2.36. The summed E-state index contributed by atoms with van der Waals surface area (Å²) in [5.41, 5.74) is -1.42. The normalized spacial score (nSPS) is 30.9. The summed E-state index contributed by atoms with van der Waals surface area (Å²) in [4.78, 5) is 37.3. The monoisotopic (exact) mass is 279 g/mol. The average molecular weight is 279 g/mol. The van der Waals surface area contributed by atoms with E-state index < -0.39 is 36.3 Å². The topological polar surface area (TPSA) is 83.3 Å². The smallest absolute Gasteiger partial charge is 0.415 e. The fraction of sp³-hybridized carbons (Fsp3) is 0.538. The number of esters is 3. The number of rotatable bonds is 4. The van der Waals surface area contributed by atoms with Crippen LogP contribution in [0.25, 0.3) is 4.85 Å². The molecule has 20 heavy (non-hydrogen) atoms. The predicted molar refractivity (Wildman–Crippen MR) is 63.8 cm³/mol. The van der Waals surface area contributed by atoms with Crippen molar-refractivity contribution in [1.29, 1.82) is 0 Å². The molecule has 106 valence electrons. The van der Waals surface area contributed by atoms with Crippen molar-refractivity contribution in [2.45, 2.75) is 31.1 Å². The van der Waals surface area contributed by atoms with Crippen molar-refractivity contribution in [3.63, 3.8) is 0 Å². The lowest BCUT2D eigenvalue weighted by Crippen LogP contribution is -2.44. The summed E-state index contributed by atoms with van der Waals surface area (Å²) in [7, 11) is 0. The van der Waals surface area contributed by atoms with Crippen molar-refractivity contribution >= 4 is 17.9 Å². The summed E-state index contributed by atoms with van der Waals surface area (Å²) in [6.45, 7) is 9.83. The molecule has 0 amide bonds. The molecule has 1 aliphatic carbocycles. The highest BCUT2D eigenvalue weighted by molar-refractivity contribution is 5.83. The van der Waals surface area contributed by atoms with Crippen LogP contribution < -0.4 is 0 Å². The van der Waals surface area contributed by atoms with Crippen LogP contribution in [0.1, 0.15) is 19.3 Å². The number of hydrogen-bond acceptors (Lipinski definition) is 6. The van der Waals surface area contributed by atoms with E-state index in [-0.39, 0.29) is 12.3 Å². The van der Waals surface area contributed by atoms with Gasteiger partial charge < -0.3 is 14.2 Å². The average Bonchev–Trinajstić information content (AvgIpc) is 2.72. The van der Waals surface area contributed by atoms with Gasteiger partial charge in [-0.25, -0.2) is 16.2 Å². The molecule has 3 unspecified atom stereocenters. The quantitative estimate of drug-likeness (QED) is 0.324. The molecule has 1 aliphatic heterocycles. The SMILES string of the molecule is [C-]#[N+]C12CC(CCC1OC(=O)COC(=O)C=C)C(=O)O2. The molecule has 1 heterocycles. The van der Waals surface area contributed by atoms with Crippen molar-refractivity contribution in [3.8, 4) is 0 Å². The van der Waals surface area contributed by atoms with Gasteiger partial charge in [0.25, 0.3) is 0 Å². The third-order valence-corrected chi connectivity index (χ3v) is 3.39. The molecule has 0 aromatic heterocycles. The molecule has 2 bridgehead atoms. The molecule has 0 spiro atoms. The molecule has 1 saturated heterocycles. The molecule has 1 saturated carbocycles. The third kappa shape index (κ3) is 2.50. The standard InChI is InChI=1S/C13H13NO6/c1-3-10(15)18-7-11(16)19-9-5-4-8-6-13(9,14-2)20-12(8)17/h3,8-9H,1,4-7H2. The molecule has 7 nitrogen and oxygen atoms in total. The Bertz CT molecular complexity index is 507. The molecule has 0 N–H and O–H groups in total. The van der Waals surface area contributed by atoms with Crippen molar-refractivity contribution < 1.29 is 28.6 Å². The maximum absolute atomic E-state index is 11.6. The summed E-state index contributed by atoms with van der Waals surface area (Å²) >= 11 is 0. The van der Waals surface area contributed by atoms with Gasteiger partial charge >= 0.3 is 23.6 Å². The van der Waals surface area contributed by atoms with E-state index in [2.05, 4.69) is 16.2 Å². The van der Waals surface area contributed by atoms with Gasteiger partial charge in [-0.05, 0) is 12.8 Å². The zero-order valence-corrected chi connectivity index (χ0v) is 10.7. The van der Waals surface area contributed by atoms with E-state index in [9.17, 15) is 14.4 Å². The highest BCUT2D eigenvalue weighted by Gasteiger charge is 2.63. The van der Waals surface area contributed by atoms with Gasteiger partial charge in [-0.2, -0.15) is 0 Å². The molecule has 2 aliphatic rings. The van der Waals surface area contributed by atoms with E-state index in [0.717, 1.165) is 6.08 Å². The number of nitrogens with zero attached hydrogens (tertiary/aromatic N) is 1. The molecule has 0 radical (unpaired) electrons. The number of fused-ring (bicyclic) bond motifs is 2. The van der Waals surface area contributed by atoms with E-state index >= 15 is 0 Å². The Morgan fingerprint density at radius 2 is 2.30 bits per heavy atom. The van der Waals surface area contributed by atoms with Crippen LogP contribution in [0.15, 0.2) is 12.7 Å². The van der Waals surface area contributed by atoms with Crippen LogP contribution in [0.3, 0.4) is 0 Å². The number of carbonyl (C=O) groups excluding carboxylic acids is 3. The molecule has 2 fully saturated rings. The van der Waals surface area contributed by atoms with E-state index in [1.54, 1.807) is 0 Å². The first-order valence-electron chi connectivity index (χ1n) is 6.11. The maximum Gasteiger partial charge on any atom is 0.415 e. The first-order chi connectivity index (χ1) is 9.50. The van der Waals surface area contributed by atoms with Crippen LogP contribution in [0.2, 0.25) is 0 Å². The Morgan fingerprint density at radius 1 is 1.55 bits per heavy atom. The predicted octanol–water partition coefficient (Wildman–Crippen LogP) is 0.600. The number of hydrogen-bond donors (Lipinski definition) is 0. The summed E-state index contributed by atoms with van der Waals surface area (Å²) in [5, 5.41) is 0. The molecule has 7 heteroatoms. The zero-order chi connectivity index (χ0) is 14.8. The minimum absolute atomic E-state index is 0.236. The van der Waals surface area contributed by atoms with Gasteiger partial charge in [0.15, 0.2) is 6.61 Å². The highest BCUT2D eigenvalue weighted by atomic mass is 16.6. The van der Waals surface area contributed by atoms with Gasteiger partial charge in [-0.15, -0.1) is 0 Å². The lowest BCUT2D eigenvalue weighted by atomic mass is 9.84. The Labute approximate surface area is 115 Å². The first kappa shape index (κ1) is 14.1. The van der Waals surface area contributed by atoms with Crippen molar-refractivity contribution in [2.24, 2.45) is 5.92 Å². The van der Waals surface area contributed by atoms with E-state index in [1.807, 2.05) is 0 Å². The lowest BCUT2D eigenvalue weighted by molar-refractivity contribution is -0.174. The molecule has 3 atom stereocenters. The van der Waals surface area contributed by atoms with E-state index in [4.69, 9.17) is 16.0 Å². The van der Waals surface area contributed by atoms with Crippen molar-refractivity contribution in [3.05, 3.63) is 24.1 Å². The third-order valence-electron chi connectivity index (χ3n) is 3.39. The van der Waals surface area contributed by atoms with E-state index in [0.29, 0.717) is 12.8 Å². The Balaban J connectivity index is 1.97. The van der Waals surface area contributed by atoms with Gasteiger partial charge in [0.1, 0.15) is 0 Å². The molecule has 0 aromatic rings. The van der Waals surface area contributed by atoms with Gasteiger partial charge in [-0.1, -0.05) is 6.58 Å². The van der Waals surface area contributed by atoms with Gasteiger partial charge in [0.2, 0.25) is 6.10 Å². The highest BCUT2D eigenvalue weighted by Crippen LogP contribution is 2.45. The fourth-order valence-electron chi connectivity index (χ4n) is 2.40. The zero-order valence-electron chi connectivity index (χ0n) is 10.7. The Kier molecular flexibility index (Phi) is 3.74. The Morgan fingerprint density at radius 3 is 2.95 bits per heavy atom. The second-order valence-corrected chi connectivity index (χ2v) is 4.65. The van der Waals surface area contributed by atoms with Crippen LogP contribution in [-0.2, 0) is 28.6 Å². The first-order valence-corrected chi connectivity index (χ1v) is 6.11. The number of carbonyl (C=O) groups is 3. The van der Waals surface area contributed by atoms with Crippen LogP contribution in [-0.4, -0.2) is 36.3 Å². The summed E-state index contributed by atoms with van der Waals surface area (Å²) in [6, 6.07) is 0. The largest absolute Gasteiger partial charge is 0.451 e. The molecule has 2 rings (SSSR count). The second-order valence-electron chi connectivity index (χ2n) is 4.65. The summed E-state index contributed by atoms with van der Waals surface area (Å²) < 4.78 is 14.8. The van der Waals surface area contributed by atoms with Gasteiger partial charge in [-0.3, -0.25) is 9.64 Å². The fourth-order valence-corrected chi connectivity index (χ4v) is 2.40. The molecular weight excluding hydrogens is 266 g/mol. The van der Waals surface area contributed by atoms with Crippen LogP contribution in [0, 0.1) is 12.5 Å². The lowest BCUT2D eigenvalue weighted by Gasteiger charge is -2.27. The summed E-state index contributed by atoms with van der Waals surface area (Å²) in [5.74, 6) is -2.23. The molecule has 0 aromatic carbocycles. The van der Waals surface area contributed by atoms with Crippen molar-refractivity contribution in [2.75, 3.05) is 6.61 Å². The maximum atomic E-state index is 11.6. The molecular formula is C13H13NO6. The van der Waals surface area contributed by atoms with E-state index in [1.165, 1.54) is 0 Å².